The molecule has 1 aliphatic carbocycles. The average Bonchev–Trinajstić information content (AvgIpc) is 2.32. The Balaban J connectivity index is 1.89. The molecule has 0 saturated heterocycles. The van der Waals surface area contributed by atoms with Gasteiger partial charge in [-0.05, 0) is 50.5 Å². The normalized spacial score (nSPS) is 25.0. The Kier molecular flexibility index (Phi) is 4.10. The van der Waals surface area contributed by atoms with Crippen molar-refractivity contribution in [2.24, 2.45) is 5.92 Å². The second kappa shape index (κ2) is 5.43. The quantitative estimate of drug-likeness (QED) is 0.842. The maximum Gasteiger partial charge on any atom is 0.150 e. The van der Waals surface area contributed by atoms with Gasteiger partial charge in [0.2, 0.25) is 0 Å². The minimum Gasteiger partial charge on any atom is -0.229 e. The monoisotopic (exact) mass is 266 g/mol. The predicted molar refractivity (Wildman–Crippen MR) is 75.5 cm³/mol. The van der Waals surface area contributed by atoms with Gasteiger partial charge in [-0.3, -0.25) is 0 Å². The van der Waals surface area contributed by atoms with E-state index in [2.05, 4.69) is 31.2 Å². The fraction of sp³-hybridized carbons (Fsp3) is 0.600. The van der Waals surface area contributed by atoms with Gasteiger partial charge in [0.1, 0.15) is 9.84 Å². The molecular weight excluding hydrogens is 244 g/mol. The highest BCUT2D eigenvalue weighted by Crippen LogP contribution is 2.30. The van der Waals surface area contributed by atoms with E-state index in [-0.39, 0.29) is 5.25 Å². The molecule has 0 aromatic heterocycles. The van der Waals surface area contributed by atoms with Gasteiger partial charge in [-0.15, -0.1) is 0 Å². The van der Waals surface area contributed by atoms with Gasteiger partial charge in [0.25, 0.3) is 0 Å². The van der Waals surface area contributed by atoms with E-state index in [4.69, 9.17) is 0 Å². The molecule has 0 spiro atoms. The van der Waals surface area contributed by atoms with Gasteiger partial charge in [-0.2, -0.15) is 0 Å². The summed E-state index contributed by atoms with van der Waals surface area (Å²) in [7, 11) is -2.83. The van der Waals surface area contributed by atoms with E-state index in [0.717, 1.165) is 32.1 Å². The highest BCUT2D eigenvalue weighted by atomic mass is 32.2. The second-order valence-electron chi connectivity index (χ2n) is 5.66. The zero-order valence-electron chi connectivity index (χ0n) is 11.2. The summed E-state index contributed by atoms with van der Waals surface area (Å²) < 4.78 is 23.0. The third-order valence-corrected chi connectivity index (χ3v) is 5.73. The zero-order chi connectivity index (χ0) is 13.2. The molecule has 1 fully saturated rings. The fourth-order valence-electron chi connectivity index (χ4n) is 2.82. The topological polar surface area (TPSA) is 34.1 Å². The SMILES string of the molecule is Cc1ccc(CC2CCC(S(C)(=O)=O)CC2)cc1. The first kappa shape index (κ1) is 13.6. The van der Waals surface area contributed by atoms with E-state index in [1.807, 2.05) is 0 Å². The summed E-state index contributed by atoms with van der Waals surface area (Å²) in [6.45, 7) is 2.10. The maximum atomic E-state index is 11.5. The molecule has 0 bridgehead atoms. The molecule has 0 atom stereocenters. The van der Waals surface area contributed by atoms with Crippen LogP contribution in [-0.4, -0.2) is 19.9 Å². The van der Waals surface area contributed by atoms with Crippen LogP contribution >= 0.6 is 0 Å². The lowest BCUT2D eigenvalue weighted by molar-refractivity contribution is 0.356. The Bertz CT molecular complexity index is 480. The average molecular weight is 266 g/mol. The van der Waals surface area contributed by atoms with E-state index in [1.165, 1.54) is 17.4 Å². The van der Waals surface area contributed by atoms with Crippen LogP contribution in [0, 0.1) is 12.8 Å². The van der Waals surface area contributed by atoms with Crippen molar-refractivity contribution in [2.75, 3.05) is 6.26 Å². The molecule has 3 heteroatoms. The molecule has 2 rings (SSSR count). The fourth-order valence-corrected chi connectivity index (χ4v) is 3.95. The molecule has 18 heavy (non-hydrogen) atoms. The smallest absolute Gasteiger partial charge is 0.150 e. The van der Waals surface area contributed by atoms with Gasteiger partial charge in [0.05, 0.1) is 5.25 Å². The Hall–Kier alpha value is -0.830. The molecule has 1 aromatic carbocycles. The molecule has 0 unspecified atom stereocenters. The van der Waals surface area contributed by atoms with E-state index >= 15 is 0 Å². The summed E-state index contributed by atoms with van der Waals surface area (Å²) in [6.07, 6.45) is 6.25. The van der Waals surface area contributed by atoms with Gasteiger partial charge in [-0.25, -0.2) is 8.42 Å². The third-order valence-electron chi connectivity index (χ3n) is 4.04. The highest BCUT2D eigenvalue weighted by molar-refractivity contribution is 7.91. The van der Waals surface area contributed by atoms with E-state index in [0.29, 0.717) is 5.92 Å². The summed E-state index contributed by atoms with van der Waals surface area (Å²) in [5.41, 5.74) is 2.67. The van der Waals surface area contributed by atoms with E-state index < -0.39 is 9.84 Å². The number of rotatable bonds is 3. The standard InChI is InChI=1S/C15H22O2S/c1-12-3-5-13(6-4-12)11-14-7-9-15(10-8-14)18(2,16)17/h3-6,14-15H,7-11H2,1-2H3. The summed E-state index contributed by atoms with van der Waals surface area (Å²) in [5.74, 6) is 0.658. The predicted octanol–water partition coefficient (Wildman–Crippen LogP) is 3.14. The van der Waals surface area contributed by atoms with Crippen LogP contribution in [0.2, 0.25) is 0 Å². The van der Waals surface area contributed by atoms with Crippen LogP contribution in [0.4, 0.5) is 0 Å². The first-order chi connectivity index (χ1) is 8.45. The molecule has 100 valence electrons. The lowest BCUT2D eigenvalue weighted by atomic mass is 9.84. The van der Waals surface area contributed by atoms with Crippen LogP contribution in [0.5, 0.6) is 0 Å². The Morgan fingerprint density at radius 3 is 2.11 bits per heavy atom. The third kappa shape index (κ3) is 3.58. The van der Waals surface area contributed by atoms with E-state index in [9.17, 15) is 8.42 Å². The molecule has 2 nitrogen and oxygen atoms in total. The first-order valence-electron chi connectivity index (χ1n) is 6.69. The minimum absolute atomic E-state index is 0.0910. The number of sulfone groups is 1. The first-order valence-corrected chi connectivity index (χ1v) is 8.65. The van der Waals surface area contributed by atoms with E-state index in [1.54, 1.807) is 0 Å². The molecule has 0 aliphatic heterocycles. The molecule has 1 aliphatic rings. The van der Waals surface area contributed by atoms with Crippen molar-refractivity contribution in [3.8, 4) is 0 Å². The van der Waals surface area contributed by atoms with Crippen LogP contribution in [-0.2, 0) is 16.3 Å². The van der Waals surface area contributed by atoms with Crippen molar-refractivity contribution in [3.05, 3.63) is 35.4 Å². The minimum atomic E-state index is -2.83. The number of aryl methyl sites for hydroxylation is 1. The van der Waals surface area contributed by atoms with Crippen LogP contribution in [0.1, 0.15) is 36.8 Å². The van der Waals surface area contributed by atoms with Crippen molar-refractivity contribution >= 4 is 9.84 Å². The number of hydrogen-bond acceptors (Lipinski definition) is 2. The molecule has 0 heterocycles. The summed E-state index contributed by atoms with van der Waals surface area (Å²) in [5, 5.41) is -0.0910. The Labute approximate surface area is 110 Å². The van der Waals surface area contributed by atoms with Gasteiger partial charge in [0, 0.05) is 6.26 Å². The van der Waals surface area contributed by atoms with Crippen molar-refractivity contribution in [3.63, 3.8) is 0 Å². The molecule has 1 saturated carbocycles. The van der Waals surface area contributed by atoms with Crippen molar-refractivity contribution in [1.29, 1.82) is 0 Å². The van der Waals surface area contributed by atoms with Crippen molar-refractivity contribution < 1.29 is 8.42 Å². The molecule has 0 radical (unpaired) electrons. The highest BCUT2D eigenvalue weighted by Gasteiger charge is 2.27. The largest absolute Gasteiger partial charge is 0.229 e. The molecule has 0 N–H and O–H groups in total. The number of benzene rings is 1. The molecular formula is C15H22O2S. The van der Waals surface area contributed by atoms with Crippen LogP contribution in [0.25, 0.3) is 0 Å². The Morgan fingerprint density at radius 1 is 1.06 bits per heavy atom. The summed E-state index contributed by atoms with van der Waals surface area (Å²) in [4.78, 5) is 0. The molecule has 0 amide bonds. The van der Waals surface area contributed by atoms with Crippen molar-refractivity contribution in [2.45, 2.75) is 44.3 Å². The summed E-state index contributed by atoms with van der Waals surface area (Å²) >= 11 is 0. The second-order valence-corrected chi connectivity index (χ2v) is 7.99. The lowest BCUT2D eigenvalue weighted by Gasteiger charge is -2.27. The van der Waals surface area contributed by atoms with Crippen LogP contribution in [0.15, 0.2) is 24.3 Å². The lowest BCUT2D eigenvalue weighted by Crippen LogP contribution is -2.26. The van der Waals surface area contributed by atoms with Gasteiger partial charge in [0.15, 0.2) is 0 Å². The number of hydrogen-bond donors (Lipinski definition) is 0. The molecule has 1 aromatic rings. The zero-order valence-corrected chi connectivity index (χ0v) is 12.0. The Morgan fingerprint density at radius 2 is 1.61 bits per heavy atom. The van der Waals surface area contributed by atoms with Gasteiger partial charge < -0.3 is 0 Å². The van der Waals surface area contributed by atoms with Crippen LogP contribution < -0.4 is 0 Å². The maximum absolute atomic E-state index is 11.5. The summed E-state index contributed by atoms with van der Waals surface area (Å²) in [6, 6.07) is 8.69. The van der Waals surface area contributed by atoms with Gasteiger partial charge in [-0.1, -0.05) is 29.8 Å². The van der Waals surface area contributed by atoms with Crippen LogP contribution in [0.3, 0.4) is 0 Å². The van der Waals surface area contributed by atoms with Gasteiger partial charge >= 0.3 is 0 Å². The van der Waals surface area contributed by atoms with Crippen molar-refractivity contribution in [1.82, 2.24) is 0 Å².